The average Bonchev–Trinajstić information content (AvgIpc) is 2.98. The smallest absolute Gasteiger partial charge is 0.319 e. The summed E-state index contributed by atoms with van der Waals surface area (Å²) in [6.07, 6.45) is 4.95. The highest BCUT2D eigenvalue weighted by Crippen LogP contribution is 2.48. The van der Waals surface area contributed by atoms with Crippen LogP contribution in [0.3, 0.4) is 0 Å². The molecule has 0 bridgehead atoms. The van der Waals surface area contributed by atoms with Crippen LogP contribution in [0.5, 0.6) is 0 Å². The van der Waals surface area contributed by atoms with E-state index >= 15 is 0 Å². The third kappa shape index (κ3) is 2.14. The van der Waals surface area contributed by atoms with E-state index in [0.717, 1.165) is 19.3 Å². The Hall–Kier alpha value is -0.860. The minimum atomic E-state index is -0.734. The second kappa shape index (κ2) is 4.58. The number of methoxy groups -OCH3 is 1. The molecule has 0 aliphatic heterocycles. The number of ketones is 1. The van der Waals surface area contributed by atoms with Gasteiger partial charge in [0.25, 0.3) is 0 Å². The Kier molecular flexibility index (Phi) is 3.67. The minimum absolute atomic E-state index is 0.0813. The quantitative estimate of drug-likeness (QED) is 0.373. The van der Waals surface area contributed by atoms with Crippen molar-refractivity contribution >= 4 is 11.8 Å². The zero-order valence-corrected chi connectivity index (χ0v) is 8.97. The van der Waals surface area contributed by atoms with Crippen molar-refractivity contribution in [1.29, 1.82) is 0 Å². The number of carbonyl (C=O) groups excluding carboxylic acids is 2. The second-order valence-corrected chi connectivity index (χ2v) is 3.95. The van der Waals surface area contributed by atoms with Crippen LogP contribution in [-0.2, 0) is 14.3 Å². The van der Waals surface area contributed by atoms with Crippen molar-refractivity contribution in [1.82, 2.24) is 0 Å². The zero-order chi connectivity index (χ0) is 10.6. The van der Waals surface area contributed by atoms with Crippen molar-refractivity contribution in [3.05, 3.63) is 0 Å². The number of hydrogen-bond acceptors (Lipinski definition) is 3. The molecule has 3 nitrogen and oxygen atoms in total. The van der Waals surface area contributed by atoms with Crippen LogP contribution in [0.4, 0.5) is 0 Å². The van der Waals surface area contributed by atoms with E-state index in [1.54, 1.807) is 0 Å². The lowest BCUT2D eigenvalue weighted by Crippen LogP contribution is -2.26. The molecule has 0 spiro atoms. The Morgan fingerprint density at radius 2 is 1.93 bits per heavy atom. The lowest BCUT2D eigenvalue weighted by Gasteiger charge is -2.10. The van der Waals surface area contributed by atoms with Gasteiger partial charge in [-0.2, -0.15) is 0 Å². The number of ether oxygens (including phenoxy) is 1. The molecule has 0 aromatic heterocycles. The zero-order valence-electron chi connectivity index (χ0n) is 8.97. The summed E-state index contributed by atoms with van der Waals surface area (Å²) in [6.45, 7) is 2.09. The number of Topliss-reactive ketones (excluding diaryl/α,β-unsaturated/α-hetero) is 1. The van der Waals surface area contributed by atoms with E-state index in [0.29, 0.717) is 19.3 Å². The molecule has 1 saturated carbocycles. The molecule has 0 heterocycles. The van der Waals surface area contributed by atoms with Gasteiger partial charge in [0.15, 0.2) is 0 Å². The third-order valence-electron chi connectivity index (χ3n) is 2.87. The number of carbonyl (C=O) groups is 2. The molecule has 3 heteroatoms. The van der Waals surface area contributed by atoms with Crippen molar-refractivity contribution in [3.63, 3.8) is 0 Å². The maximum Gasteiger partial charge on any atom is 0.319 e. The molecule has 14 heavy (non-hydrogen) atoms. The number of esters is 1. The van der Waals surface area contributed by atoms with E-state index in [1.807, 2.05) is 0 Å². The Bertz CT molecular complexity index is 229. The lowest BCUT2D eigenvalue weighted by molar-refractivity contribution is -0.151. The summed E-state index contributed by atoms with van der Waals surface area (Å²) in [6, 6.07) is 0. The molecule has 1 aliphatic carbocycles. The average molecular weight is 198 g/mol. The summed E-state index contributed by atoms with van der Waals surface area (Å²) >= 11 is 0. The number of hydrogen-bond donors (Lipinski definition) is 0. The van der Waals surface area contributed by atoms with Crippen molar-refractivity contribution in [2.24, 2.45) is 5.41 Å². The van der Waals surface area contributed by atoms with Gasteiger partial charge in [0.2, 0.25) is 0 Å². The van der Waals surface area contributed by atoms with E-state index in [1.165, 1.54) is 7.11 Å². The Labute approximate surface area is 84.8 Å². The predicted molar refractivity (Wildman–Crippen MR) is 52.8 cm³/mol. The van der Waals surface area contributed by atoms with Crippen LogP contribution in [0.1, 0.15) is 45.4 Å². The van der Waals surface area contributed by atoms with Crippen molar-refractivity contribution in [2.45, 2.75) is 45.4 Å². The Morgan fingerprint density at radius 1 is 1.29 bits per heavy atom. The highest BCUT2D eigenvalue weighted by molar-refractivity contribution is 6.06. The first-order chi connectivity index (χ1) is 6.67. The number of unbranched alkanes of at least 4 members (excludes halogenated alkanes) is 2. The van der Waals surface area contributed by atoms with E-state index in [4.69, 9.17) is 0 Å². The highest BCUT2D eigenvalue weighted by atomic mass is 16.5. The molecular formula is C11H18O3. The first-order valence-electron chi connectivity index (χ1n) is 5.29. The molecule has 1 fully saturated rings. The van der Waals surface area contributed by atoms with Gasteiger partial charge in [0.1, 0.15) is 11.2 Å². The largest absolute Gasteiger partial charge is 0.468 e. The normalized spacial score (nSPS) is 17.6. The minimum Gasteiger partial charge on any atom is -0.468 e. The Balaban J connectivity index is 2.40. The van der Waals surface area contributed by atoms with Crippen molar-refractivity contribution in [2.75, 3.05) is 7.11 Å². The first-order valence-corrected chi connectivity index (χ1v) is 5.29. The van der Waals surface area contributed by atoms with Gasteiger partial charge < -0.3 is 4.74 Å². The molecule has 0 amide bonds. The Morgan fingerprint density at radius 3 is 2.36 bits per heavy atom. The molecule has 0 N–H and O–H groups in total. The summed E-state index contributed by atoms with van der Waals surface area (Å²) in [5.74, 6) is -0.253. The van der Waals surface area contributed by atoms with Crippen molar-refractivity contribution in [3.8, 4) is 0 Å². The molecule has 0 saturated heterocycles. The van der Waals surface area contributed by atoms with E-state index in [-0.39, 0.29) is 11.8 Å². The maximum atomic E-state index is 11.7. The molecule has 80 valence electrons. The van der Waals surface area contributed by atoms with E-state index < -0.39 is 5.41 Å². The summed E-state index contributed by atoms with van der Waals surface area (Å²) in [5.41, 5.74) is -0.734. The SMILES string of the molecule is CCCCCC(=O)C1(C(=O)OC)CC1. The van der Waals surface area contributed by atoms with Crippen LogP contribution < -0.4 is 0 Å². The van der Waals surface area contributed by atoms with Crippen LogP contribution >= 0.6 is 0 Å². The topological polar surface area (TPSA) is 43.4 Å². The highest BCUT2D eigenvalue weighted by Gasteiger charge is 2.56. The summed E-state index contributed by atoms with van der Waals surface area (Å²) in [4.78, 5) is 23.0. The first kappa shape index (κ1) is 11.2. The molecule has 0 aromatic rings. The maximum absolute atomic E-state index is 11.7. The van der Waals surface area contributed by atoms with Gasteiger partial charge in [0, 0.05) is 6.42 Å². The lowest BCUT2D eigenvalue weighted by atomic mass is 9.96. The van der Waals surface area contributed by atoms with Gasteiger partial charge in [0.05, 0.1) is 7.11 Å². The van der Waals surface area contributed by atoms with Crippen LogP contribution in [0.15, 0.2) is 0 Å². The molecular weight excluding hydrogens is 180 g/mol. The fourth-order valence-electron chi connectivity index (χ4n) is 1.69. The molecule has 0 radical (unpaired) electrons. The fraction of sp³-hybridized carbons (Fsp3) is 0.818. The van der Waals surface area contributed by atoms with Gasteiger partial charge in [-0.15, -0.1) is 0 Å². The summed E-state index contributed by atoms with van der Waals surface area (Å²) in [5, 5.41) is 0. The van der Waals surface area contributed by atoms with Gasteiger partial charge in [-0.1, -0.05) is 19.8 Å². The standard InChI is InChI=1S/C11H18O3/c1-3-4-5-6-9(12)11(7-8-11)10(13)14-2/h3-8H2,1-2H3. The molecule has 1 aliphatic rings. The van der Waals surface area contributed by atoms with Crippen LogP contribution in [0.25, 0.3) is 0 Å². The van der Waals surface area contributed by atoms with Crippen LogP contribution in [0, 0.1) is 5.41 Å². The molecule has 0 aromatic carbocycles. The monoisotopic (exact) mass is 198 g/mol. The van der Waals surface area contributed by atoms with Gasteiger partial charge in [-0.05, 0) is 19.3 Å². The van der Waals surface area contributed by atoms with Gasteiger partial charge in [-0.3, -0.25) is 9.59 Å². The molecule has 0 atom stereocenters. The molecule has 1 rings (SSSR count). The van der Waals surface area contributed by atoms with Gasteiger partial charge in [-0.25, -0.2) is 0 Å². The second-order valence-electron chi connectivity index (χ2n) is 3.95. The summed E-state index contributed by atoms with van der Waals surface area (Å²) in [7, 11) is 1.35. The fourth-order valence-corrected chi connectivity index (χ4v) is 1.69. The van der Waals surface area contributed by atoms with Gasteiger partial charge >= 0.3 is 5.97 Å². The van der Waals surface area contributed by atoms with Crippen LogP contribution in [-0.4, -0.2) is 18.9 Å². The summed E-state index contributed by atoms with van der Waals surface area (Å²) < 4.78 is 4.65. The van der Waals surface area contributed by atoms with Crippen molar-refractivity contribution < 1.29 is 14.3 Å². The van der Waals surface area contributed by atoms with E-state index in [9.17, 15) is 9.59 Å². The molecule has 0 unspecified atom stereocenters. The number of rotatable bonds is 6. The van der Waals surface area contributed by atoms with Crippen LogP contribution in [0.2, 0.25) is 0 Å². The third-order valence-corrected chi connectivity index (χ3v) is 2.87. The van der Waals surface area contributed by atoms with E-state index in [2.05, 4.69) is 11.7 Å². The predicted octanol–water partition coefficient (Wildman–Crippen LogP) is 2.09.